The Bertz CT molecular complexity index is 809. The number of furan rings is 1. The molecule has 0 aliphatic carbocycles. The van der Waals surface area contributed by atoms with Gasteiger partial charge in [0.2, 0.25) is 17.6 Å². The first-order valence-electron chi connectivity index (χ1n) is 8.43. The molecule has 3 aromatic rings. The Morgan fingerprint density at radius 3 is 3.12 bits per heavy atom. The largest absolute Gasteiger partial charge is 0.461 e. The molecule has 1 fully saturated rings. The van der Waals surface area contributed by atoms with E-state index >= 15 is 0 Å². The molecular weight excluding hydrogens is 322 g/mol. The maximum atomic E-state index is 12.6. The number of hydrogen-bond acceptors (Lipinski definition) is 6. The number of nitrogens with zero attached hydrogens (tertiary/aromatic N) is 5. The second-order valence-corrected chi connectivity index (χ2v) is 6.10. The fraction of sp³-hybridized carbons (Fsp3) is 0.412. The van der Waals surface area contributed by atoms with Crippen molar-refractivity contribution in [2.45, 2.75) is 38.3 Å². The second kappa shape index (κ2) is 6.92. The lowest BCUT2D eigenvalue weighted by Gasteiger charge is -2.24. The van der Waals surface area contributed by atoms with Gasteiger partial charge >= 0.3 is 0 Å². The minimum atomic E-state index is 0.118. The van der Waals surface area contributed by atoms with Gasteiger partial charge in [0, 0.05) is 31.8 Å². The highest BCUT2D eigenvalue weighted by Gasteiger charge is 2.29. The zero-order valence-corrected chi connectivity index (χ0v) is 13.7. The Morgan fingerprint density at radius 1 is 1.36 bits per heavy atom. The van der Waals surface area contributed by atoms with Crippen LogP contribution in [0.3, 0.4) is 0 Å². The Hall–Kier alpha value is -2.90. The molecule has 8 nitrogen and oxygen atoms in total. The molecule has 1 aliphatic rings. The Kier molecular flexibility index (Phi) is 4.32. The van der Waals surface area contributed by atoms with Crippen molar-refractivity contribution in [3.05, 3.63) is 42.7 Å². The van der Waals surface area contributed by atoms with E-state index in [0.717, 1.165) is 25.9 Å². The van der Waals surface area contributed by atoms with E-state index in [1.165, 1.54) is 0 Å². The molecule has 3 aromatic heterocycles. The zero-order valence-electron chi connectivity index (χ0n) is 13.7. The molecule has 1 unspecified atom stereocenters. The van der Waals surface area contributed by atoms with Crippen LogP contribution in [0.15, 0.2) is 45.8 Å². The van der Waals surface area contributed by atoms with Gasteiger partial charge in [-0.1, -0.05) is 5.16 Å². The molecule has 0 spiro atoms. The van der Waals surface area contributed by atoms with Crippen LogP contribution < -0.4 is 0 Å². The summed E-state index contributed by atoms with van der Waals surface area (Å²) in [6.45, 7) is 1.54. The van der Waals surface area contributed by atoms with E-state index < -0.39 is 0 Å². The standard InChI is InChI=1S/C17H19N5O3/c23-16(22-10-1-4-13(22)12-21-9-3-8-18-21)7-6-15-19-17(20-25-15)14-5-2-11-24-14/h2-3,5,8-9,11,13H,1,4,6-7,10,12H2. The van der Waals surface area contributed by atoms with Crippen LogP contribution in [0.1, 0.15) is 25.2 Å². The smallest absolute Gasteiger partial charge is 0.238 e. The average molecular weight is 341 g/mol. The highest BCUT2D eigenvalue weighted by atomic mass is 16.5. The van der Waals surface area contributed by atoms with Crippen LogP contribution in [0, 0.1) is 0 Å². The maximum absolute atomic E-state index is 12.6. The Morgan fingerprint density at radius 2 is 2.32 bits per heavy atom. The number of carbonyl (C=O) groups excluding carboxylic acids is 1. The van der Waals surface area contributed by atoms with Gasteiger partial charge in [-0.2, -0.15) is 10.1 Å². The summed E-state index contributed by atoms with van der Waals surface area (Å²) < 4.78 is 12.3. The van der Waals surface area contributed by atoms with Gasteiger partial charge in [-0.3, -0.25) is 9.48 Å². The van der Waals surface area contributed by atoms with Crippen molar-refractivity contribution >= 4 is 5.91 Å². The van der Waals surface area contributed by atoms with Crippen LogP contribution in [0.4, 0.5) is 0 Å². The number of likely N-dealkylation sites (tertiary alicyclic amines) is 1. The van der Waals surface area contributed by atoms with Crippen LogP contribution in [-0.4, -0.2) is 43.3 Å². The van der Waals surface area contributed by atoms with Crippen LogP contribution in [-0.2, 0) is 17.8 Å². The summed E-state index contributed by atoms with van der Waals surface area (Å²) >= 11 is 0. The van der Waals surface area contributed by atoms with Gasteiger partial charge in [-0.15, -0.1) is 0 Å². The molecule has 1 atom stereocenters. The number of aromatic nitrogens is 4. The van der Waals surface area contributed by atoms with E-state index in [0.29, 0.717) is 30.3 Å². The zero-order chi connectivity index (χ0) is 17.1. The van der Waals surface area contributed by atoms with Gasteiger partial charge in [0.05, 0.1) is 18.8 Å². The maximum Gasteiger partial charge on any atom is 0.238 e. The fourth-order valence-corrected chi connectivity index (χ4v) is 3.20. The molecule has 4 rings (SSSR count). The third-order valence-corrected chi connectivity index (χ3v) is 4.42. The number of carbonyl (C=O) groups is 1. The highest BCUT2D eigenvalue weighted by Crippen LogP contribution is 2.21. The van der Waals surface area contributed by atoms with Crippen LogP contribution >= 0.6 is 0 Å². The van der Waals surface area contributed by atoms with Crippen molar-refractivity contribution in [2.75, 3.05) is 6.54 Å². The van der Waals surface area contributed by atoms with Crippen LogP contribution in [0.5, 0.6) is 0 Å². The van der Waals surface area contributed by atoms with Crippen molar-refractivity contribution in [1.82, 2.24) is 24.8 Å². The summed E-state index contributed by atoms with van der Waals surface area (Å²) in [4.78, 5) is 18.8. The lowest BCUT2D eigenvalue weighted by molar-refractivity contribution is -0.132. The molecule has 8 heteroatoms. The van der Waals surface area contributed by atoms with Gasteiger partial charge in [0.1, 0.15) is 0 Å². The molecular formula is C17H19N5O3. The number of hydrogen-bond donors (Lipinski definition) is 0. The fourth-order valence-electron chi connectivity index (χ4n) is 3.20. The molecule has 0 aromatic carbocycles. The topological polar surface area (TPSA) is 90.2 Å². The minimum Gasteiger partial charge on any atom is -0.461 e. The highest BCUT2D eigenvalue weighted by molar-refractivity contribution is 5.77. The summed E-state index contributed by atoms with van der Waals surface area (Å²) in [6.07, 6.45) is 8.06. The van der Waals surface area contributed by atoms with E-state index in [1.54, 1.807) is 24.6 Å². The van der Waals surface area contributed by atoms with Gasteiger partial charge in [0.15, 0.2) is 5.76 Å². The number of amides is 1. The van der Waals surface area contributed by atoms with Crippen LogP contribution in [0.25, 0.3) is 11.6 Å². The van der Waals surface area contributed by atoms with Gasteiger partial charge < -0.3 is 13.8 Å². The number of rotatable bonds is 6. The van der Waals surface area contributed by atoms with E-state index in [-0.39, 0.29) is 11.9 Å². The molecule has 0 N–H and O–H groups in total. The molecule has 0 saturated carbocycles. The normalized spacial score (nSPS) is 17.3. The Labute approximate surface area is 144 Å². The van der Waals surface area contributed by atoms with E-state index in [1.807, 2.05) is 21.8 Å². The molecule has 1 amide bonds. The molecule has 4 heterocycles. The van der Waals surface area contributed by atoms with E-state index in [4.69, 9.17) is 8.94 Å². The van der Waals surface area contributed by atoms with E-state index in [9.17, 15) is 4.79 Å². The lowest BCUT2D eigenvalue weighted by Crippen LogP contribution is -2.38. The third-order valence-electron chi connectivity index (χ3n) is 4.42. The lowest BCUT2D eigenvalue weighted by atomic mass is 10.2. The summed E-state index contributed by atoms with van der Waals surface area (Å²) in [6, 6.07) is 5.63. The summed E-state index contributed by atoms with van der Waals surface area (Å²) in [7, 11) is 0. The first-order valence-corrected chi connectivity index (χ1v) is 8.43. The molecule has 130 valence electrons. The predicted molar refractivity (Wildman–Crippen MR) is 87.3 cm³/mol. The summed E-state index contributed by atoms with van der Waals surface area (Å²) in [5.74, 6) is 1.53. The Balaban J connectivity index is 1.34. The van der Waals surface area contributed by atoms with Gasteiger partial charge in [-0.25, -0.2) is 0 Å². The summed E-state index contributed by atoms with van der Waals surface area (Å²) in [5.41, 5.74) is 0. The minimum absolute atomic E-state index is 0.118. The second-order valence-electron chi connectivity index (χ2n) is 6.10. The van der Waals surface area contributed by atoms with Crippen molar-refractivity contribution in [3.8, 4) is 11.6 Å². The van der Waals surface area contributed by atoms with Crippen molar-refractivity contribution in [1.29, 1.82) is 0 Å². The first kappa shape index (κ1) is 15.6. The van der Waals surface area contributed by atoms with Crippen molar-refractivity contribution < 1.29 is 13.7 Å². The summed E-state index contributed by atoms with van der Waals surface area (Å²) in [5, 5.41) is 8.11. The molecule has 1 saturated heterocycles. The van der Waals surface area contributed by atoms with Gasteiger partial charge in [-0.05, 0) is 31.0 Å². The van der Waals surface area contributed by atoms with Crippen molar-refractivity contribution in [3.63, 3.8) is 0 Å². The third kappa shape index (κ3) is 3.47. The van der Waals surface area contributed by atoms with Gasteiger partial charge in [0.25, 0.3) is 0 Å². The quantitative estimate of drug-likeness (QED) is 0.682. The van der Waals surface area contributed by atoms with E-state index in [2.05, 4.69) is 15.2 Å². The average Bonchev–Trinajstić information content (AvgIpc) is 3.39. The molecule has 0 bridgehead atoms. The number of aryl methyl sites for hydroxylation is 1. The first-order chi connectivity index (χ1) is 12.3. The van der Waals surface area contributed by atoms with Crippen molar-refractivity contribution in [2.24, 2.45) is 0 Å². The molecule has 0 radical (unpaired) electrons. The monoisotopic (exact) mass is 341 g/mol. The SMILES string of the molecule is O=C(CCc1nc(-c2ccco2)no1)N1CCCC1Cn1cccn1. The van der Waals surface area contributed by atoms with Crippen LogP contribution in [0.2, 0.25) is 0 Å². The predicted octanol–water partition coefficient (Wildman–Crippen LogP) is 2.15. The molecule has 1 aliphatic heterocycles. The molecule has 25 heavy (non-hydrogen) atoms.